The van der Waals surface area contributed by atoms with Gasteiger partial charge in [-0.15, -0.1) is 0 Å². The van der Waals surface area contributed by atoms with Crippen molar-refractivity contribution >= 4 is 28.5 Å². The van der Waals surface area contributed by atoms with Gasteiger partial charge >= 0.3 is 0 Å². The molecule has 0 spiro atoms. The summed E-state index contributed by atoms with van der Waals surface area (Å²) in [5.41, 5.74) is 1.95. The maximum absolute atomic E-state index is 13.5. The van der Waals surface area contributed by atoms with Crippen LogP contribution >= 0.6 is 0 Å². The largest absolute Gasteiger partial charge is 0.360 e. The summed E-state index contributed by atoms with van der Waals surface area (Å²) in [4.78, 5) is 45.7. The van der Waals surface area contributed by atoms with Gasteiger partial charge in [0, 0.05) is 60.4 Å². The smallest absolute Gasteiger partial charge is 0.292 e. The van der Waals surface area contributed by atoms with Crippen molar-refractivity contribution in [2.75, 3.05) is 19.6 Å². The Kier molecular flexibility index (Phi) is 6.76. The highest BCUT2D eigenvalue weighted by Crippen LogP contribution is 2.24. The topological polar surface area (TPSA) is 85.5 Å². The van der Waals surface area contributed by atoms with Crippen molar-refractivity contribution in [2.24, 2.45) is 0 Å². The van der Waals surface area contributed by atoms with E-state index < -0.39 is 17.2 Å². The molecule has 2 aromatic carbocycles. The first-order valence-electron chi connectivity index (χ1n) is 11.8. The molecule has 8 heteroatoms. The number of aromatic amines is 1. The molecule has 1 aromatic heterocycles. The van der Waals surface area contributed by atoms with Crippen LogP contribution in [0.1, 0.15) is 54.0 Å². The van der Waals surface area contributed by atoms with Crippen molar-refractivity contribution < 1.29 is 18.8 Å². The second-order valence-corrected chi connectivity index (χ2v) is 10.2. The molecule has 0 radical (unpaired) electrons. The van der Waals surface area contributed by atoms with Crippen LogP contribution in [0.3, 0.4) is 0 Å². The number of fused-ring (bicyclic) bond motifs is 1. The van der Waals surface area contributed by atoms with E-state index in [0.717, 1.165) is 11.1 Å². The number of carbonyl (C=O) groups is 3. The number of H-pyrrole nitrogens is 1. The fraction of sp³-hybridized carbons (Fsp3) is 0.370. The summed E-state index contributed by atoms with van der Waals surface area (Å²) in [6.45, 7) is 10.1. The molecule has 1 aliphatic rings. The molecule has 1 atom stereocenters. The van der Waals surface area contributed by atoms with Gasteiger partial charge in [0.15, 0.2) is 0 Å². The predicted octanol–water partition coefficient (Wildman–Crippen LogP) is 3.75. The molecule has 0 bridgehead atoms. The van der Waals surface area contributed by atoms with Gasteiger partial charge in [0.05, 0.1) is 5.56 Å². The van der Waals surface area contributed by atoms with Crippen molar-refractivity contribution in [3.8, 4) is 0 Å². The number of nitrogens with zero attached hydrogens (tertiary/aromatic N) is 2. The molecular weight excluding hydrogens is 447 g/mol. The Labute approximate surface area is 204 Å². The summed E-state index contributed by atoms with van der Waals surface area (Å²) in [7, 11) is 0. The molecule has 1 saturated heterocycles. The third kappa shape index (κ3) is 5.59. The highest BCUT2D eigenvalue weighted by molar-refractivity contribution is 6.43. The zero-order valence-corrected chi connectivity index (χ0v) is 20.5. The molecule has 1 aliphatic heterocycles. The highest BCUT2D eigenvalue weighted by atomic mass is 19.1. The first kappa shape index (κ1) is 24.6. The van der Waals surface area contributed by atoms with Crippen molar-refractivity contribution in [1.82, 2.24) is 20.1 Å². The molecule has 2 amide bonds. The van der Waals surface area contributed by atoms with Crippen LogP contribution in [0.15, 0.2) is 48.7 Å². The molecular formula is C27H31FN4O3. The van der Waals surface area contributed by atoms with Gasteiger partial charge in [0.1, 0.15) is 5.82 Å². The number of benzene rings is 2. The van der Waals surface area contributed by atoms with Gasteiger partial charge in [-0.3, -0.25) is 19.3 Å². The molecule has 0 unspecified atom stereocenters. The van der Waals surface area contributed by atoms with Crippen molar-refractivity contribution in [1.29, 1.82) is 0 Å². The number of hydrogen-bond acceptors (Lipinski definition) is 4. The van der Waals surface area contributed by atoms with Crippen molar-refractivity contribution in [3.63, 3.8) is 0 Å². The minimum Gasteiger partial charge on any atom is -0.360 e. The summed E-state index contributed by atoms with van der Waals surface area (Å²) < 4.78 is 13.2. The lowest BCUT2D eigenvalue weighted by Crippen LogP contribution is -2.53. The Bertz CT molecular complexity index is 1260. The minimum absolute atomic E-state index is 0.0240. The Balaban J connectivity index is 1.48. The number of amides is 2. The first-order valence-corrected chi connectivity index (χ1v) is 11.8. The minimum atomic E-state index is -0.675. The maximum Gasteiger partial charge on any atom is 0.292 e. The fourth-order valence-corrected chi connectivity index (χ4v) is 4.45. The van der Waals surface area contributed by atoms with E-state index in [9.17, 15) is 18.8 Å². The van der Waals surface area contributed by atoms with E-state index in [1.54, 1.807) is 36.5 Å². The van der Waals surface area contributed by atoms with Crippen LogP contribution in [0.2, 0.25) is 0 Å². The van der Waals surface area contributed by atoms with E-state index in [1.807, 2.05) is 32.6 Å². The summed E-state index contributed by atoms with van der Waals surface area (Å²) >= 11 is 0. The number of rotatable bonds is 5. The van der Waals surface area contributed by atoms with E-state index >= 15 is 0 Å². The van der Waals surface area contributed by atoms with Crippen molar-refractivity contribution in [2.45, 2.75) is 45.8 Å². The first-order chi connectivity index (χ1) is 16.5. The maximum atomic E-state index is 13.5. The molecule has 2 heterocycles. The molecule has 0 saturated carbocycles. The number of halogens is 1. The van der Waals surface area contributed by atoms with Crippen LogP contribution in [0.25, 0.3) is 10.9 Å². The Morgan fingerprint density at radius 2 is 1.80 bits per heavy atom. The third-order valence-corrected chi connectivity index (χ3v) is 6.16. The zero-order valence-electron chi connectivity index (χ0n) is 20.5. The van der Waals surface area contributed by atoms with Crippen LogP contribution in [0, 0.1) is 5.82 Å². The fourth-order valence-electron chi connectivity index (χ4n) is 4.45. The number of ketones is 1. The van der Waals surface area contributed by atoms with Gasteiger partial charge in [-0.25, -0.2) is 4.39 Å². The average molecular weight is 479 g/mol. The van der Waals surface area contributed by atoms with E-state index in [2.05, 4.69) is 15.2 Å². The van der Waals surface area contributed by atoms with Crippen molar-refractivity contribution in [3.05, 3.63) is 71.2 Å². The summed E-state index contributed by atoms with van der Waals surface area (Å²) in [5, 5.41) is 3.30. The van der Waals surface area contributed by atoms with Gasteiger partial charge in [-0.1, -0.05) is 12.1 Å². The Hall–Kier alpha value is -3.52. The predicted molar refractivity (Wildman–Crippen MR) is 133 cm³/mol. The van der Waals surface area contributed by atoms with E-state index in [-0.39, 0.29) is 23.3 Å². The second-order valence-electron chi connectivity index (χ2n) is 10.2. The van der Waals surface area contributed by atoms with Crippen LogP contribution in [-0.2, 0) is 11.3 Å². The SMILES string of the molecule is C[C@@H]1CN(Cc2ccc(F)cc2)CCN1C(=O)c1c[nH]c2ccc(C(=O)C(=O)NC(C)(C)C)cc12. The third-order valence-electron chi connectivity index (χ3n) is 6.16. The lowest BCUT2D eigenvalue weighted by Gasteiger charge is -2.40. The molecule has 184 valence electrons. The lowest BCUT2D eigenvalue weighted by molar-refractivity contribution is -0.118. The van der Waals surface area contributed by atoms with E-state index in [1.165, 1.54) is 12.1 Å². The number of Topliss-reactive ketones (excluding diaryl/α,β-unsaturated/α-hetero) is 1. The van der Waals surface area contributed by atoms with Crippen LogP contribution in [0.5, 0.6) is 0 Å². The lowest BCUT2D eigenvalue weighted by atomic mass is 10.0. The van der Waals surface area contributed by atoms with Crippen LogP contribution in [0.4, 0.5) is 4.39 Å². The van der Waals surface area contributed by atoms with Crippen LogP contribution < -0.4 is 5.32 Å². The average Bonchev–Trinajstić information content (AvgIpc) is 3.22. The monoisotopic (exact) mass is 478 g/mol. The van der Waals surface area contributed by atoms with E-state index in [4.69, 9.17) is 0 Å². The molecule has 35 heavy (non-hydrogen) atoms. The van der Waals surface area contributed by atoms with Gasteiger partial charge in [0.25, 0.3) is 11.8 Å². The number of hydrogen-bond donors (Lipinski definition) is 2. The summed E-state index contributed by atoms with van der Waals surface area (Å²) in [6.07, 6.45) is 1.66. The molecule has 0 aliphatic carbocycles. The molecule has 3 aromatic rings. The molecule has 1 fully saturated rings. The highest BCUT2D eigenvalue weighted by Gasteiger charge is 2.30. The van der Waals surface area contributed by atoms with Gasteiger partial charge in [-0.05, 0) is 63.6 Å². The Morgan fingerprint density at radius 3 is 2.46 bits per heavy atom. The standard InChI is InChI=1S/C27H31FN4O3/c1-17-15-31(16-18-5-8-20(28)9-6-18)11-12-32(17)26(35)22-14-29-23-10-7-19(13-21(22)23)24(33)25(34)30-27(2,3)4/h5-10,13-14,17,29H,11-12,15-16H2,1-4H3,(H,30,34)/t17-/m1/s1. The molecule has 4 rings (SSSR count). The number of nitrogens with one attached hydrogen (secondary N) is 2. The summed E-state index contributed by atoms with van der Waals surface area (Å²) in [5.74, 6) is -1.68. The number of carbonyl (C=O) groups excluding carboxylic acids is 3. The van der Waals surface area contributed by atoms with Gasteiger partial charge < -0.3 is 15.2 Å². The molecule has 7 nitrogen and oxygen atoms in total. The van der Waals surface area contributed by atoms with Gasteiger partial charge in [0.2, 0.25) is 5.78 Å². The van der Waals surface area contributed by atoms with Gasteiger partial charge in [-0.2, -0.15) is 0 Å². The second kappa shape index (κ2) is 9.62. The number of aromatic nitrogens is 1. The normalized spacial score (nSPS) is 16.9. The Morgan fingerprint density at radius 1 is 1.09 bits per heavy atom. The van der Waals surface area contributed by atoms with Crippen LogP contribution in [-0.4, -0.2) is 63.6 Å². The molecule has 2 N–H and O–H groups in total. The summed E-state index contributed by atoms with van der Waals surface area (Å²) in [6, 6.07) is 11.4. The number of piperazine rings is 1. The quantitative estimate of drug-likeness (QED) is 0.432. The van der Waals surface area contributed by atoms with E-state index in [0.29, 0.717) is 37.1 Å². The zero-order chi connectivity index (χ0) is 25.3.